The van der Waals surface area contributed by atoms with Gasteiger partial charge in [-0.2, -0.15) is 21.0 Å². The van der Waals surface area contributed by atoms with Crippen LogP contribution >= 0.6 is 22.7 Å². The molecule has 0 aliphatic heterocycles. The number of fused-ring (bicyclic) bond motifs is 2. The van der Waals surface area contributed by atoms with Crippen molar-refractivity contribution in [1.29, 1.82) is 21.0 Å². The fourth-order valence-electron chi connectivity index (χ4n) is 5.81. The molecule has 1 aromatic carbocycles. The largest absolute Gasteiger partial charge is 0.192 e. The van der Waals surface area contributed by atoms with Crippen LogP contribution in [0.1, 0.15) is 128 Å². The molecular weight excluding hydrogens is 553 g/mol. The average molecular weight is 597 g/mol. The van der Waals surface area contributed by atoms with E-state index in [1.165, 1.54) is 101 Å². The molecule has 0 amide bonds. The molecule has 6 heteroatoms. The number of nitrogens with zero attached hydrogens (tertiary/aromatic N) is 4. The van der Waals surface area contributed by atoms with Gasteiger partial charge in [0.25, 0.3) is 0 Å². The van der Waals surface area contributed by atoms with Gasteiger partial charge in [0.05, 0.1) is 9.06 Å². The van der Waals surface area contributed by atoms with E-state index in [1.807, 2.05) is 0 Å². The zero-order chi connectivity index (χ0) is 30.2. The van der Waals surface area contributed by atoms with Crippen molar-refractivity contribution in [3.8, 4) is 24.3 Å². The van der Waals surface area contributed by atoms with Crippen LogP contribution in [-0.2, 0) is 12.8 Å². The van der Waals surface area contributed by atoms with Crippen molar-refractivity contribution >= 4 is 54.0 Å². The number of nitriles is 4. The van der Waals surface area contributed by atoms with E-state index in [4.69, 9.17) is 0 Å². The number of benzene rings is 1. The molecule has 0 N–H and O–H groups in total. The van der Waals surface area contributed by atoms with E-state index in [9.17, 15) is 21.0 Å². The lowest BCUT2D eigenvalue weighted by atomic mass is 9.94. The average Bonchev–Trinajstić information content (AvgIpc) is 3.63. The quantitative estimate of drug-likeness (QED) is 0.137. The van der Waals surface area contributed by atoms with Crippen LogP contribution in [-0.4, -0.2) is 0 Å². The second-order valence-electron chi connectivity index (χ2n) is 11.3. The van der Waals surface area contributed by atoms with E-state index in [0.717, 1.165) is 54.9 Å². The van der Waals surface area contributed by atoms with Gasteiger partial charge in [-0.05, 0) is 59.7 Å². The molecule has 3 aromatic rings. The molecule has 0 radical (unpaired) electrons. The first-order valence-electron chi connectivity index (χ1n) is 16.0. The highest BCUT2D eigenvalue weighted by molar-refractivity contribution is 7.19. The highest BCUT2D eigenvalue weighted by Crippen LogP contribution is 2.38. The molecule has 0 saturated carbocycles. The monoisotopic (exact) mass is 596 g/mol. The van der Waals surface area contributed by atoms with Gasteiger partial charge >= 0.3 is 0 Å². The molecular formula is C36H44N4S2. The van der Waals surface area contributed by atoms with E-state index in [0.29, 0.717) is 0 Å². The zero-order valence-electron chi connectivity index (χ0n) is 25.5. The van der Waals surface area contributed by atoms with Gasteiger partial charge in [0.2, 0.25) is 0 Å². The maximum atomic E-state index is 9.63. The lowest BCUT2D eigenvalue weighted by molar-refractivity contribution is 0.576. The molecule has 0 bridgehead atoms. The van der Waals surface area contributed by atoms with Crippen molar-refractivity contribution in [3.63, 3.8) is 0 Å². The Morgan fingerprint density at radius 3 is 1.12 bits per heavy atom. The van der Waals surface area contributed by atoms with Crippen molar-refractivity contribution in [2.24, 2.45) is 0 Å². The third kappa shape index (κ3) is 8.92. The zero-order valence-corrected chi connectivity index (χ0v) is 27.1. The number of rotatable bonds is 18. The van der Waals surface area contributed by atoms with E-state index in [2.05, 4.69) is 50.3 Å². The second kappa shape index (κ2) is 18.4. The molecule has 0 unspecified atom stereocenters. The Morgan fingerprint density at radius 2 is 0.810 bits per heavy atom. The van der Waals surface area contributed by atoms with Crippen LogP contribution in [0.15, 0.2) is 12.1 Å². The molecule has 0 saturated heterocycles. The van der Waals surface area contributed by atoms with Crippen molar-refractivity contribution in [1.82, 2.24) is 0 Å². The van der Waals surface area contributed by atoms with Crippen molar-refractivity contribution in [2.45, 2.75) is 129 Å². The lowest BCUT2D eigenvalue weighted by Gasteiger charge is -2.12. The Labute approximate surface area is 260 Å². The molecule has 2 heterocycles. The fraction of sp³-hybridized carbons (Fsp3) is 0.556. The van der Waals surface area contributed by atoms with Gasteiger partial charge in [-0.15, -0.1) is 22.7 Å². The lowest BCUT2D eigenvalue weighted by Crippen LogP contribution is -1.95. The van der Waals surface area contributed by atoms with Gasteiger partial charge in [0.1, 0.15) is 35.4 Å². The summed E-state index contributed by atoms with van der Waals surface area (Å²) >= 11 is 3.11. The predicted octanol–water partition coefficient (Wildman–Crippen LogP) is 9.88. The summed E-state index contributed by atoms with van der Waals surface area (Å²) in [5.74, 6) is 0. The minimum atomic E-state index is 0.167. The minimum Gasteiger partial charge on any atom is -0.192 e. The summed E-state index contributed by atoms with van der Waals surface area (Å²) in [6, 6.07) is 12.5. The van der Waals surface area contributed by atoms with Crippen molar-refractivity contribution in [2.75, 3.05) is 0 Å². The summed E-state index contributed by atoms with van der Waals surface area (Å²) in [6.07, 6.45) is 21.8. The first-order chi connectivity index (χ1) is 20.6. The highest BCUT2D eigenvalue weighted by atomic mass is 32.1. The number of hydrogen-bond donors (Lipinski definition) is 0. The predicted molar refractivity (Wildman–Crippen MR) is 178 cm³/mol. The Morgan fingerprint density at radius 1 is 0.500 bits per heavy atom. The second-order valence-corrected chi connectivity index (χ2v) is 13.4. The molecule has 220 valence electrons. The summed E-state index contributed by atoms with van der Waals surface area (Å²) in [4.78, 5) is 0. The highest BCUT2D eigenvalue weighted by Gasteiger charge is 2.19. The summed E-state index contributed by atoms with van der Waals surface area (Å²) in [5.41, 5.74) is 2.83. The molecule has 0 fully saturated rings. The topological polar surface area (TPSA) is 95.2 Å². The van der Waals surface area contributed by atoms with E-state index in [1.54, 1.807) is 22.7 Å². The van der Waals surface area contributed by atoms with E-state index >= 15 is 0 Å². The molecule has 0 aliphatic carbocycles. The first kappa shape index (κ1) is 33.3. The Bertz CT molecular complexity index is 1400. The molecule has 0 spiro atoms. The van der Waals surface area contributed by atoms with Gasteiger partial charge in [0.15, 0.2) is 0 Å². The normalized spacial score (nSPS) is 10.8. The summed E-state index contributed by atoms with van der Waals surface area (Å²) in [5, 5.41) is 40.8. The Hall–Kier alpha value is -3.16. The van der Waals surface area contributed by atoms with Gasteiger partial charge in [0, 0.05) is 9.40 Å². The molecule has 3 rings (SSSR count). The van der Waals surface area contributed by atoms with Gasteiger partial charge in [-0.3, -0.25) is 0 Å². The van der Waals surface area contributed by atoms with Gasteiger partial charge in [-0.1, -0.05) is 104 Å². The van der Waals surface area contributed by atoms with Gasteiger partial charge in [-0.25, -0.2) is 0 Å². The standard InChI is InChI=1S/C36H44N4S2/c1-3-5-7-9-11-13-15-17-19-29-31-21-33(27(23-37)24-38)42-36(31)30(20-18-16-14-12-10-8-6-4-2)32-22-34(41-35(29)32)28(25-39)26-40/h21-22H,3-20H2,1-2H3. The van der Waals surface area contributed by atoms with Crippen LogP contribution < -0.4 is 9.06 Å². The minimum absolute atomic E-state index is 0.167. The summed E-state index contributed by atoms with van der Waals surface area (Å²) in [6.45, 7) is 4.49. The summed E-state index contributed by atoms with van der Waals surface area (Å²) in [7, 11) is 0. The number of hydrogen-bond acceptors (Lipinski definition) is 6. The van der Waals surface area contributed by atoms with Crippen LogP contribution in [0, 0.1) is 45.3 Å². The number of thiophene rings is 2. The third-order valence-corrected chi connectivity index (χ3v) is 10.6. The Balaban J connectivity index is 2.01. The smallest absolute Gasteiger partial charge is 0.146 e. The molecule has 42 heavy (non-hydrogen) atoms. The molecule has 4 nitrogen and oxygen atoms in total. The van der Waals surface area contributed by atoms with Crippen LogP contribution in [0.3, 0.4) is 0 Å². The van der Waals surface area contributed by atoms with E-state index in [-0.39, 0.29) is 11.1 Å². The SMILES string of the molecule is CCCCCCCCCCc1c2cc(=C(C#N)C#N)sc2c(CCCCCCCCCC)c2cc(=C(C#N)C#N)sc12. The maximum Gasteiger partial charge on any atom is 0.146 e. The van der Waals surface area contributed by atoms with Crippen molar-refractivity contribution < 1.29 is 0 Å². The van der Waals surface area contributed by atoms with Crippen LogP contribution in [0.5, 0.6) is 0 Å². The van der Waals surface area contributed by atoms with E-state index < -0.39 is 0 Å². The number of aryl methyl sites for hydroxylation is 2. The van der Waals surface area contributed by atoms with Gasteiger partial charge < -0.3 is 0 Å². The third-order valence-electron chi connectivity index (χ3n) is 8.16. The summed E-state index contributed by atoms with van der Waals surface area (Å²) < 4.78 is 3.81. The molecule has 0 atom stereocenters. The number of unbranched alkanes of at least 4 members (excludes halogenated alkanes) is 14. The fourth-order valence-corrected chi connectivity index (χ4v) is 8.24. The maximum absolute atomic E-state index is 9.63. The first-order valence-corrected chi connectivity index (χ1v) is 17.6. The van der Waals surface area contributed by atoms with Crippen molar-refractivity contribution in [3.05, 3.63) is 32.3 Å². The molecule has 2 aromatic heterocycles. The Kier molecular flexibility index (Phi) is 14.6. The van der Waals surface area contributed by atoms with Crippen LogP contribution in [0.2, 0.25) is 0 Å². The molecule has 0 aliphatic rings. The van der Waals surface area contributed by atoms with Crippen LogP contribution in [0.4, 0.5) is 0 Å². The van der Waals surface area contributed by atoms with Crippen LogP contribution in [0.25, 0.3) is 31.3 Å².